The van der Waals surface area contributed by atoms with Gasteiger partial charge in [-0.3, -0.25) is 19.7 Å². The van der Waals surface area contributed by atoms with Crippen molar-refractivity contribution in [3.63, 3.8) is 0 Å². The van der Waals surface area contributed by atoms with Gasteiger partial charge >= 0.3 is 0 Å². The smallest absolute Gasteiger partial charge is 0.273 e. The molecule has 0 saturated carbocycles. The molecule has 0 spiro atoms. The zero-order valence-corrected chi connectivity index (χ0v) is 20.5. The minimum atomic E-state index is -0.493. The van der Waals surface area contributed by atoms with Gasteiger partial charge in [0.1, 0.15) is 6.54 Å². The van der Waals surface area contributed by atoms with Crippen LogP contribution in [0.4, 0.5) is 5.69 Å². The average molecular weight is 480 g/mol. The van der Waals surface area contributed by atoms with E-state index in [1.807, 2.05) is 61.7 Å². The van der Waals surface area contributed by atoms with Crippen molar-refractivity contribution in [3.8, 4) is 0 Å². The van der Waals surface area contributed by atoms with Crippen molar-refractivity contribution >= 4 is 28.8 Å². The molecule has 7 nitrogen and oxygen atoms in total. The SMILES string of the molecule is CCC(C)N(CC(=O)N(Cc1ccccc1)Cc1cccs1)C(=O)c1ccc(C)c([N+](=O)[O-])c1. The lowest BCUT2D eigenvalue weighted by Gasteiger charge is -2.31. The lowest BCUT2D eigenvalue weighted by molar-refractivity contribution is -0.385. The fourth-order valence-corrected chi connectivity index (χ4v) is 4.35. The van der Waals surface area contributed by atoms with E-state index < -0.39 is 4.92 Å². The molecule has 0 fully saturated rings. The summed E-state index contributed by atoms with van der Waals surface area (Å²) in [7, 11) is 0. The summed E-state index contributed by atoms with van der Waals surface area (Å²) in [5, 5.41) is 13.3. The summed E-state index contributed by atoms with van der Waals surface area (Å²) in [4.78, 5) is 42.1. The topological polar surface area (TPSA) is 83.8 Å². The Balaban J connectivity index is 1.86. The number of thiophene rings is 1. The quantitative estimate of drug-likeness (QED) is 0.287. The maximum Gasteiger partial charge on any atom is 0.273 e. The van der Waals surface area contributed by atoms with Gasteiger partial charge < -0.3 is 9.80 Å². The number of nitrogens with zero attached hydrogens (tertiary/aromatic N) is 3. The van der Waals surface area contributed by atoms with E-state index in [2.05, 4.69) is 0 Å². The highest BCUT2D eigenvalue weighted by molar-refractivity contribution is 7.09. The van der Waals surface area contributed by atoms with Gasteiger partial charge in [0.25, 0.3) is 11.6 Å². The molecular weight excluding hydrogens is 450 g/mol. The van der Waals surface area contributed by atoms with Gasteiger partial charge in [-0.1, -0.05) is 49.4 Å². The highest BCUT2D eigenvalue weighted by atomic mass is 32.1. The molecule has 1 unspecified atom stereocenters. The van der Waals surface area contributed by atoms with Crippen molar-refractivity contribution in [1.29, 1.82) is 0 Å². The predicted molar refractivity (Wildman–Crippen MR) is 134 cm³/mol. The van der Waals surface area contributed by atoms with Crippen LogP contribution in [0.5, 0.6) is 0 Å². The molecule has 2 aromatic carbocycles. The molecule has 3 aromatic rings. The number of amides is 2. The fraction of sp³-hybridized carbons (Fsp3) is 0.308. The van der Waals surface area contributed by atoms with Crippen LogP contribution in [0, 0.1) is 17.0 Å². The molecule has 0 saturated heterocycles. The zero-order chi connectivity index (χ0) is 24.7. The number of carbonyl (C=O) groups is 2. The molecule has 0 bridgehead atoms. The Morgan fingerprint density at radius 1 is 1.06 bits per heavy atom. The van der Waals surface area contributed by atoms with Crippen LogP contribution >= 0.6 is 11.3 Å². The molecule has 1 heterocycles. The molecule has 3 rings (SSSR count). The second-order valence-electron chi connectivity index (χ2n) is 8.26. The Morgan fingerprint density at radius 2 is 1.79 bits per heavy atom. The van der Waals surface area contributed by atoms with Crippen molar-refractivity contribution in [3.05, 3.63) is 97.7 Å². The number of nitro benzene ring substituents is 1. The first-order valence-corrected chi connectivity index (χ1v) is 12.1. The van der Waals surface area contributed by atoms with Crippen LogP contribution in [0.1, 0.15) is 46.6 Å². The van der Waals surface area contributed by atoms with E-state index in [-0.39, 0.29) is 35.7 Å². The fourth-order valence-electron chi connectivity index (χ4n) is 3.63. The molecule has 0 aliphatic heterocycles. The number of aryl methyl sites for hydroxylation is 1. The lowest BCUT2D eigenvalue weighted by atomic mass is 10.1. The summed E-state index contributed by atoms with van der Waals surface area (Å²) in [5.74, 6) is -0.561. The average Bonchev–Trinajstić information content (AvgIpc) is 3.35. The maximum absolute atomic E-state index is 13.5. The minimum absolute atomic E-state index is 0.103. The summed E-state index contributed by atoms with van der Waals surface area (Å²) in [6.07, 6.45) is 0.649. The van der Waals surface area contributed by atoms with Gasteiger partial charge in [0.2, 0.25) is 5.91 Å². The third-order valence-corrected chi connectivity index (χ3v) is 6.70. The molecule has 1 aromatic heterocycles. The van der Waals surface area contributed by atoms with Crippen molar-refractivity contribution in [1.82, 2.24) is 9.80 Å². The number of carbonyl (C=O) groups excluding carboxylic acids is 2. The summed E-state index contributed by atoms with van der Waals surface area (Å²) >= 11 is 1.58. The summed E-state index contributed by atoms with van der Waals surface area (Å²) in [6, 6.07) is 17.9. The largest absolute Gasteiger partial charge is 0.332 e. The first kappa shape index (κ1) is 25.1. The van der Waals surface area contributed by atoms with E-state index in [0.29, 0.717) is 25.1 Å². The number of hydrogen-bond acceptors (Lipinski definition) is 5. The maximum atomic E-state index is 13.5. The molecule has 2 amide bonds. The molecule has 0 radical (unpaired) electrons. The molecule has 34 heavy (non-hydrogen) atoms. The standard InChI is InChI=1S/C26H29N3O4S/c1-4-20(3)28(26(31)22-13-12-19(2)24(15-22)29(32)33)18-25(30)27(17-23-11-8-14-34-23)16-21-9-6-5-7-10-21/h5-15,20H,4,16-18H2,1-3H3. The monoisotopic (exact) mass is 479 g/mol. The normalized spacial score (nSPS) is 11.6. The molecule has 8 heteroatoms. The van der Waals surface area contributed by atoms with Gasteiger partial charge in [-0.05, 0) is 43.3 Å². The Bertz CT molecular complexity index is 1130. The zero-order valence-electron chi connectivity index (χ0n) is 19.6. The molecule has 0 aliphatic rings. The van der Waals surface area contributed by atoms with Crippen LogP contribution < -0.4 is 0 Å². The summed E-state index contributed by atoms with van der Waals surface area (Å²) < 4.78 is 0. The molecule has 1 atom stereocenters. The van der Waals surface area contributed by atoms with Crippen LogP contribution in [0.25, 0.3) is 0 Å². The van der Waals surface area contributed by atoms with Crippen molar-refractivity contribution < 1.29 is 14.5 Å². The van der Waals surface area contributed by atoms with E-state index >= 15 is 0 Å². The summed E-state index contributed by atoms with van der Waals surface area (Å²) in [6.45, 7) is 6.23. The Morgan fingerprint density at radius 3 is 2.41 bits per heavy atom. The van der Waals surface area contributed by atoms with Gasteiger partial charge in [-0.15, -0.1) is 11.3 Å². The number of nitro groups is 1. The molecule has 0 aliphatic carbocycles. The van der Waals surface area contributed by atoms with Crippen molar-refractivity contribution in [2.45, 2.75) is 46.3 Å². The van der Waals surface area contributed by atoms with Crippen LogP contribution in [0.15, 0.2) is 66.0 Å². The van der Waals surface area contributed by atoms with E-state index in [0.717, 1.165) is 10.4 Å². The van der Waals surface area contributed by atoms with Gasteiger partial charge in [0.05, 0.1) is 11.5 Å². The van der Waals surface area contributed by atoms with E-state index in [4.69, 9.17) is 0 Å². The van der Waals surface area contributed by atoms with Crippen molar-refractivity contribution in [2.75, 3.05) is 6.54 Å². The Hall–Kier alpha value is -3.52. The second kappa shape index (κ2) is 11.6. The van der Waals surface area contributed by atoms with E-state index in [1.54, 1.807) is 35.3 Å². The molecular formula is C26H29N3O4S. The van der Waals surface area contributed by atoms with E-state index in [9.17, 15) is 19.7 Å². The molecule has 0 N–H and O–H groups in total. The third kappa shape index (κ3) is 6.29. The van der Waals surface area contributed by atoms with Crippen LogP contribution in [0.2, 0.25) is 0 Å². The highest BCUT2D eigenvalue weighted by Crippen LogP contribution is 2.22. The minimum Gasteiger partial charge on any atom is -0.332 e. The summed E-state index contributed by atoms with van der Waals surface area (Å²) in [5.41, 5.74) is 1.59. The number of hydrogen-bond donors (Lipinski definition) is 0. The second-order valence-corrected chi connectivity index (χ2v) is 9.30. The number of benzene rings is 2. The Kier molecular flexibility index (Phi) is 8.54. The number of rotatable bonds is 10. The van der Waals surface area contributed by atoms with E-state index in [1.165, 1.54) is 11.0 Å². The first-order chi connectivity index (χ1) is 16.3. The van der Waals surface area contributed by atoms with Gasteiger partial charge in [-0.25, -0.2) is 0 Å². The van der Waals surface area contributed by atoms with Crippen LogP contribution in [0.3, 0.4) is 0 Å². The van der Waals surface area contributed by atoms with Crippen LogP contribution in [-0.2, 0) is 17.9 Å². The molecule has 178 valence electrons. The first-order valence-electron chi connectivity index (χ1n) is 11.2. The Labute approximate surface area is 203 Å². The third-order valence-electron chi connectivity index (χ3n) is 5.84. The van der Waals surface area contributed by atoms with Crippen molar-refractivity contribution in [2.24, 2.45) is 0 Å². The predicted octanol–water partition coefficient (Wildman–Crippen LogP) is 5.43. The van der Waals surface area contributed by atoms with Gasteiger partial charge in [0.15, 0.2) is 0 Å². The highest BCUT2D eigenvalue weighted by Gasteiger charge is 2.27. The van der Waals surface area contributed by atoms with Gasteiger partial charge in [-0.2, -0.15) is 0 Å². The van der Waals surface area contributed by atoms with Crippen LogP contribution in [-0.4, -0.2) is 39.1 Å². The lowest BCUT2D eigenvalue weighted by Crippen LogP contribution is -2.46. The van der Waals surface area contributed by atoms with Gasteiger partial charge in [0, 0.05) is 34.7 Å².